The molecule has 0 aliphatic rings. The number of hydrogen-bond acceptors (Lipinski definition) is 2. The molecule has 28 heavy (non-hydrogen) atoms. The topological polar surface area (TPSA) is 55.1 Å². The Morgan fingerprint density at radius 1 is 0.750 bits per heavy atom. The van der Waals surface area contributed by atoms with Crippen molar-refractivity contribution in [3.05, 3.63) is 91.0 Å². The number of rotatable bonds is 9. The first-order valence-electron chi connectivity index (χ1n) is 9.91. The summed E-state index contributed by atoms with van der Waals surface area (Å²) in [5, 5.41) is 7.04. The van der Waals surface area contributed by atoms with Gasteiger partial charge in [0.05, 0.1) is 0 Å². The average Bonchev–Trinajstić information content (AvgIpc) is 2.77. The van der Waals surface area contributed by atoms with Crippen molar-refractivity contribution in [1.29, 1.82) is 0 Å². The Bertz CT molecular complexity index is 757. The Morgan fingerprint density at radius 3 is 1.57 bits per heavy atom. The molecule has 0 saturated heterocycles. The molecule has 3 aromatic rings. The molecular formula is C24H29N2OP. The van der Waals surface area contributed by atoms with Gasteiger partial charge in [0, 0.05) is 0 Å². The second kappa shape index (κ2) is 10.2. The second-order valence-electron chi connectivity index (χ2n) is 7.00. The van der Waals surface area contributed by atoms with Gasteiger partial charge in [-0.2, -0.15) is 0 Å². The van der Waals surface area contributed by atoms with Gasteiger partial charge in [-0.15, -0.1) is 0 Å². The number of carbonyl (C=O) groups excluding carboxylic acids is 1. The number of hydrogen-bond donors (Lipinski definition) is 2. The molecule has 4 heteroatoms. The van der Waals surface area contributed by atoms with Crippen molar-refractivity contribution in [2.45, 2.75) is 12.8 Å². The van der Waals surface area contributed by atoms with Crippen LogP contribution in [0, 0.1) is 0 Å². The summed E-state index contributed by atoms with van der Waals surface area (Å²) in [5.41, 5.74) is 5.49. The third-order valence-electron chi connectivity index (χ3n) is 5.22. The summed E-state index contributed by atoms with van der Waals surface area (Å²) in [5.74, 6) is 0.0857. The molecule has 146 valence electrons. The van der Waals surface area contributed by atoms with E-state index in [0.29, 0.717) is 19.5 Å². The Balaban J connectivity index is 2.00. The van der Waals surface area contributed by atoms with Crippen molar-refractivity contribution >= 4 is 29.1 Å². The van der Waals surface area contributed by atoms with Crippen LogP contribution in [0.4, 0.5) is 0 Å². The minimum absolute atomic E-state index is 0.0857. The molecule has 0 fully saturated rings. The first-order chi connectivity index (χ1) is 13.8. The van der Waals surface area contributed by atoms with Gasteiger partial charge in [-0.05, 0) is 0 Å². The molecule has 0 spiro atoms. The minimum atomic E-state index is -2.23. The van der Waals surface area contributed by atoms with E-state index >= 15 is 0 Å². The van der Waals surface area contributed by atoms with Gasteiger partial charge >= 0.3 is 168 Å². The monoisotopic (exact) mass is 392 g/mol. The molecule has 3 rings (SSSR count). The van der Waals surface area contributed by atoms with Crippen molar-refractivity contribution in [2.24, 2.45) is 5.73 Å². The molecule has 1 amide bonds. The van der Waals surface area contributed by atoms with Gasteiger partial charge in [-0.1, -0.05) is 0 Å². The van der Waals surface area contributed by atoms with Gasteiger partial charge in [-0.25, -0.2) is 0 Å². The Hall–Kier alpha value is -2.48. The van der Waals surface area contributed by atoms with Crippen molar-refractivity contribution in [1.82, 2.24) is 5.32 Å². The maximum atomic E-state index is 12.1. The first-order valence-corrected chi connectivity index (χ1v) is 12.1. The zero-order chi connectivity index (χ0) is 19.7. The molecule has 0 aliphatic heterocycles. The van der Waals surface area contributed by atoms with Crippen molar-refractivity contribution in [3.63, 3.8) is 0 Å². The summed E-state index contributed by atoms with van der Waals surface area (Å²) in [7, 11) is -2.23. The van der Waals surface area contributed by atoms with Crippen LogP contribution in [0.25, 0.3) is 0 Å². The zero-order valence-corrected chi connectivity index (χ0v) is 17.2. The van der Waals surface area contributed by atoms with E-state index in [0.717, 1.165) is 12.6 Å². The van der Waals surface area contributed by atoms with Gasteiger partial charge in [0.25, 0.3) is 0 Å². The fourth-order valence-electron chi connectivity index (χ4n) is 3.92. The van der Waals surface area contributed by atoms with E-state index in [1.54, 1.807) is 0 Å². The van der Waals surface area contributed by atoms with Gasteiger partial charge in [0.15, 0.2) is 0 Å². The molecular weight excluding hydrogens is 363 g/mol. The van der Waals surface area contributed by atoms with Crippen LogP contribution in [0.5, 0.6) is 0 Å². The van der Waals surface area contributed by atoms with Crippen LogP contribution in [0.2, 0.25) is 0 Å². The third-order valence-corrected chi connectivity index (χ3v) is 10.3. The Labute approximate surface area is 168 Å². The number of benzene rings is 3. The fourth-order valence-corrected chi connectivity index (χ4v) is 8.77. The maximum absolute atomic E-state index is 12.1. The molecule has 0 unspecified atom stereocenters. The third kappa shape index (κ3) is 4.67. The average molecular weight is 392 g/mol. The van der Waals surface area contributed by atoms with Gasteiger partial charge in [0.2, 0.25) is 0 Å². The SMILES string of the molecule is NCCNC(=O)CCC[PH](c1ccccc1)(c1ccccc1)c1ccccc1. The quantitative estimate of drug-likeness (QED) is 0.550. The van der Waals surface area contributed by atoms with E-state index in [1.807, 2.05) is 0 Å². The predicted octanol–water partition coefficient (Wildman–Crippen LogP) is 2.57. The van der Waals surface area contributed by atoms with E-state index in [1.165, 1.54) is 15.9 Å². The van der Waals surface area contributed by atoms with Crippen molar-refractivity contribution in [2.75, 3.05) is 19.3 Å². The molecule has 0 aromatic heterocycles. The first kappa shape index (κ1) is 20.3. The van der Waals surface area contributed by atoms with Crippen LogP contribution < -0.4 is 27.0 Å². The second-order valence-corrected chi connectivity index (χ2v) is 11.0. The standard InChI is InChI=1S/C24H29N2OP/c25-18-19-26-24(27)17-10-20-28(21-11-4-1-5-12-21,22-13-6-2-7-14-22)23-15-8-3-9-16-23/h1-9,11-16,28H,10,17-20,25H2,(H,26,27). The van der Waals surface area contributed by atoms with Crippen LogP contribution in [0.3, 0.4) is 0 Å². The van der Waals surface area contributed by atoms with Crippen LogP contribution in [-0.4, -0.2) is 25.2 Å². The van der Waals surface area contributed by atoms with Crippen molar-refractivity contribution in [3.8, 4) is 0 Å². The number of amides is 1. The summed E-state index contributed by atoms with van der Waals surface area (Å²) < 4.78 is 0. The van der Waals surface area contributed by atoms with E-state index in [-0.39, 0.29) is 5.91 Å². The van der Waals surface area contributed by atoms with Crippen molar-refractivity contribution < 1.29 is 4.79 Å². The summed E-state index contributed by atoms with van der Waals surface area (Å²) in [4.78, 5) is 12.1. The molecule has 3 N–H and O–H groups in total. The molecule has 0 heterocycles. The van der Waals surface area contributed by atoms with Crippen LogP contribution >= 0.6 is 7.26 Å². The molecule has 0 atom stereocenters. The Kier molecular flexibility index (Phi) is 7.36. The van der Waals surface area contributed by atoms with Crippen LogP contribution in [-0.2, 0) is 4.79 Å². The van der Waals surface area contributed by atoms with E-state index in [2.05, 4.69) is 96.3 Å². The molecule has 0 saturated carbocycles. The summed E-state index contributed by atoms with van der Waals surface area (Å²) in [6, 6.07) is 32.4. The van der Waals surface area contributed by atoms with E-state index in [9.17, 15) is 4.79 Å². The molecule has 0 radical (unpaired) electrons. The van der Waals surface area contributed by atoms with Crippen LogP contribution in [0.15, 0.2) is 91.0 Å². The molecule has 3 nitrogen and oxygen atoms in total. The predicted molar refractivity (Wildman–Crippen MR) is 123 cm³/mol. The van der Waals surface area contributed by atoms with Gasteiger partial charge < -0.3 is 0 Å². The summed E-state index contributed by atoms with van der Waals surface area (Å²) in [6.07, 6.45) is 2.36. The molecule has 0 bridgehead atoms. The van der Waals surface area contributed by atoms with E-state index in [4.69, 9.17) is 5.73 Å². The summed E-state index contributed by atoms with van der Waals surface area (Å²) >= 11 is 0. The summed E-state index contributed by atoms with van der Waals surface area (Å²) in [6.45, 7) is 1.01. The number of nitrogens with two attached hydrogens (primary N) is 1. The molecule has 3 aromatic carbocycles. The normalized spacial score (nSPS) is 11.8. The van der Waals surface area contributed by atoms with Gasteiger partial charge in [0.1, 0.15) is 0 Å². The molecule has 0 aliphatic carbocycles. The van der Waals surface area contributed by atoms with Gasteiger partial charge in [-0.3, -0.25) is 0 Å². The van der Waals surface area contributed by atoms with Crippen LogP contribution in [0.1, 0.15) is 12.8 Å². The number of carbonyl (C=O) groups is 1. The Morgan fingerprint density at radius 2 is 1.18 bits per heavy atom. The van der Waals surface area contributed by atoms with E-state index < -0.39 is 7.26 Å². The zero-order valence-electron chi connectivity index (χ0n) is 16.2. The number of nitrogens with one attached hydrogen (secondary N) is 1. The fraction of sp³-hybridized carbons (Fsp3) is 0.208.